The summed E-state index contributed by atoms with van der Waals surface area (Å²) >= 11 is 6.37. The van der Waals surface area contributed by atoms with Gasteiger partial charge in [0.15, 0.2) is 4.80 Å². The Kier molecular flexibility index (Phi) is 7.78. The van der Waals surface area contributed by atoms with Crippen molar-refractivity contribution in [2.75, 3.05) is 6.61 Å². The fourth-order valence-electron chi connectivity index (χ4n) is 4.26. The fourth-order valence-corrected chi connectivity index (χ4v) is 6.58. The van der Waals surface area contributed by atoms with Crippen molar-refractivity contribution >= 4 is 56.3 Å². The Labute approximate surface area is 236 Å². The van der Waals surface area contributed by atoms with Crippen molar-refractivity contribution in [3.05, 3.63) is 112 Å². The van der Waals surface area contributed by atoms with Crippen molar-refractivity contribution in [1.82, 2.24) is 4.57 Å². The lowest BCUT2D eigenvalue weighted by Gasteiger charge is -2.24. The smallest absolute Gasteiger partial charge is 0.338 e. The summed E-state index contributed by atoms with van der Waals surface area (Å²) in [6.45, 7) is 5.93. The minimum absolute atomic E-state index is 0.0468. The summed E-state index contributed by atoms with van der Waals surface area (Å²) in [6, 6.07) is 18.5. The van der Waals surface area contributed by atoms with Crippen LogP contribution in [0, 0.1) is 0 Å². The molecule has 0 unspecified atom stereocenters. The Morgan fingerprint density at radius 2 is 1.95 bits per heavy atom. The lowest BCUT2D eigenvalue weighted by molar-refractivity contribution is -0.138. The average Bonchev–Trinajstić information content (AvgIpc) is 3.54. The predicted octanol–water partition coefficient (Wildman–Crippen LogP) is 5.55. The van der Waals surface area contributed by atoms with Crippen molar-refractivity contribution in [3.8, 4) is 5.75 Å². The van der Waals surface area contributed by atoms with Crippen LogP contribution in [-0.2, 0) is 9.53 Å². The summed E-state index contributed by atoms with van der Waals surface area (Å²) < 4.78 is 14.2. The van der Waals surface area contributed by atoms with Gasteiger partial charge in [-0.25, -0.2) is 9.79 Å². The predicted molar refractivity (Wildman–Crippen MR) is 155 cm³/mol. The van der Waals surface area contributed by atoms with Gasteiger partial charge in [0.1, 0.15) is 11.8 Å². The molecule has 0 amide bonds. The maximum absolute atomic E-state index is 13.9. The highest BCUT2D eigenvalue weighted by Gasteiger charge is 2.35. The fraction of sp³-hybridized carbons (Fsp3) is 0.207. The number of benzene rings is 2. The van der Waals surface area contributed by atoms with Gasteiger partial charge in [-0.05, 0) is 71.9 Å². The highest BCUT2D eigenvalue weighted by molar-refractivity contribution is 9.10. The first-order valence-corrected chi connectivity index (χ1v) is 14.6. The molecule has 1 aliphatic heterocycles. The minimum atomic E-state index is -0.642. The molecule has 0 N–H and O–H groups in total. The number of thiophene rings is 1. The van der Waals surface area contributed by atoms with Crippen LogP contribution in [0.4, 0.5) is 0 Å². The molecule has 6 nitrogen and oxygen atoms in total. The molecule has 5 rings (SSSR count). The normalized spacial score (nSPS) is 15.4. The van der Waals surface area contributed by atoms with Crippen LogP contribution in [0.5, 0.6) is 5.75 Å². The first-order valence-electron chi connectivity index (χ1n) is 12.2. The summed E-state index contributed by atoms with van der Waals surface area (Å²) in [7, 11) is 0. The van der Waals surface area contributed by atoms with E-state index in [9.17, 15) is 9.59 Å². The van der Waals surface area contributed by atoms with E-state index in [1.54, 1.807) is 11.5 Å². The Morgan fingerprint density at radius 3 is 2.61 bits per heavy atom. The molecule has 2 aromatic heterocycles. The van der Waals surface area contributed by atoms with Crippen LogP contribution < -0.4 is 19.6 Å². The number of fused-ring (bicyclic) bond motifs is 1. The molecule has 0 radical (unpaired) electrons. The number of halogens is 1. The average molecular weight is 610 g/mol. The number of carbonyl (C=O) groups is 1. The van der Waals surface area contributed by atoms with E-state index in [0.717, 1.165) is 26.2 Å². The molecule has 38 heavy (non-hydrogen) atoms. The molecular formula is C29H25BrN2O4S2. The zero-order valence-corrected chi connectivity index (χ0v) is 24.2. The van der Waals surface area contributed by atoms with Crippen molar-refractivity contribution in [3.63, 3.8) is 0 Å². The number of carbonyl (C=O) groups excluding carboxylic acids is 1. The van der Waals surface area contributed by atoms with Crippen molar-refractivity contribution in [2.24, 2.45) is 4.99 Å². The molecule has 0 saturated carbocycles. The minimum Gasteiger partial charge on any atom is -0.490 e. The summed E-state index contributed by atoms with van der Waals surface area (Å²) in [5, 5.41) is 1.94. The zero-order valence-electron chi connectivity index (χ0n) is 21.0. The van der Waals surface area contributed by atoms with Crippen LogP contribution in [-0.4, -0.2) is 23.2 Å². The van der Waals surface area contributed by atoms with Gasteiger partial charge in [-0.3, -0.25) is 9.36 Å². The number of hydrogen-bond acceptors (Lipinski definition) is 7. The van der Waals surface area contributed by atoms with Gasteiger partial charge in [-0.15, -0.1) is 11.3 Å². The van der Waals surface area contributed by atoms with Gasteiger partial charge in [0.2, 0.25) is 0 Å². The summed E-state index contributed by atoms with van der Waals surface area (Å²) in [4.78, 5) is 33.5. The monoisotopic (exact) mass is 608 g/mol. The molecule has 0 bridgehead atoms. The Bertz CT molecular complexity index is 1690. The second kappa shape index (κ2) is 11.2. The maximum Gasteiger partial charge on any atom is 0.338 e. The molecule has 3 heterocycles. The summed E-state index contributed by atoms with van der Waals surface area (Å²) in [6.07, 6.45) is 1.89. The van der Waals surface area contributed by atoms with Gasteiger partial charge >= 0.3 is 5.97 Å². The van der Waals surface area contributed by atoms with E-state index in [1.807, 2.05) is 86.0 Å². The first-order chi connectivity index (χ1) is 18.4. The van der Waals surface area contributed by atoms with Crippen molar-refractivity contribution in [1.29, 1.82) is 0 Å². The number of hydrogen-bond donors (Lipinski definition) is 0. The quantitative estimate of drug-likeness (QED) is 0.258. The molecule has 0 aliphatic carbocycles. The number of rotatable bonds is 7. The van der Waals surface area contributed by atoms with Gasteiger partial charge in [-0.2, -0.15) is 0 Å². The Balaban J connectivity index is 1.73. The van der Waals surface area contributed by atoms with E-state index in [0.29, 0.717) is 20.6 Å². The topological polar surface area (TPSA) is 69.9 Å². The molecular weight excluding hydrogens is 584 g/mol. The summed E-state index contributed by atoms with van der Waals surface area (Å²) in [5.74, 6) is 0.260. The highest BCUT2D eigenvalue weighted by Crippen LogP contribution is 2.36. The zero-order chi connectivity index (χ0) is 26.8. The van der Waals surface area contributed by atoms with E-state index in [-0.39, 0.29) is 18.3 Å². The van der Waals surface area contributed by atoms with E-state index < -0.39 is 12.0 Å². The number of aromatic nitrogens is 1. The molecule has 4 aromatic rings. The van der Waals surface area contributed by atoms with E-state index in [4.69, 9.17) is 14.5 Å². The van der Waals surface area contributed by atoms with Gasteiger partial charge in [-0.1, -0.05) is 53.8 Å². The molecule has 194 valence electrons. The van der Waals surface area contributed by atoms with Crippen LogP contribution in [0.1, 0.15) is 42.8 Å². The SMILES string of the molecule is CCOC(=O)C1=C(c2ccccc2)N=c2s/c(=C\c3ccc(OC(C)C)c(Br)c3)c(=O)n2[C@@H]1c1cccs1. The van der Waals surface area contributed by atoms with Crippen molar-refractivity contribution < 1.29 is 14.3 Å². The lowest BCUT2D eigenvalue weighted by atomic mass is 9.97. The van der Waals surface area contributed by atoms with Crippen LogP contribution >= 0.6 is 38.6 Å². The van der Waals surface area contributed by atoms with Crippen LogP contribution in [0.3, 0.4) is 0 Å². The molecule has 0 spiro atoms. The third-order valence-corrected chi connectivity index (χ3v) is 8.33. The van der Waals surface area contributed by atoms with Crippen LogP contribution in [0.2, 0.25) is 0 Å². The molecule has 0 fully saturated rings. The second-order valence-electron chi connectivity index (χ2n) is 8.80. The van der Waals surface area contributed by atoms with E-state index in [1.165, 1.54) is 22.7 Å². The van der Waals surface area contributed by atoms with Crippen LogP contribution in [0.15, 0.2) is 85.9 Å². The molecule has 2 aromatic carbocycles. The molecule has 1 atom stereocenters. The molecule has 1 aliphatic rings. The number of nitrogens with zero attached hydrogens (tertiary/aromatic N) is 2. The van der Waals surface area contributed by atoms with Crippen LogP contribution in [0.25, 0.3) is 11.8 Å². The van der Waals surface area contributed by atoms with Gasteiger partial charge in [0.25, 0.3) is 5.56 Å². The maximum atomic E-state index is 13.9. The molecule has 0 saturated heterocycles. The van der Waals surface area contributed by atoms with E-state index in [2.05, 4.69) is 15.9 Å². The van der Waals surface area contributed by atoms with Gasteiger partial charge < -0.3 is 9.47 Å². The van der Waals surface area contributed by atoms with Gasteiger partial charge in [0, 0.05) is 10.4 Å². The third kappa shape index (κ3) is 5.18. The van der Waals surface area contributed by atoms with E-state index >= 15 is 0 Å². The standard InChI is InChI=1S/C29H25BrN2O4S2/c1-4-35-28(34)24-25(19-9-6-5-7-10-19)31-29-32(26(24)22-11-8-14-37-22)27(33)23(38-29)16-18-12-13-21(20(30)15-18)36-17(2)3/h5-17,26H,4H2,1-3H3/b23-16-/t26-/m1/s1. The Hall–Kier alpha value is -3.27. The molecule has 9 heteroatoms. The number of thiazole rings is 1. The van der Waals surface area contributed by atoms with Crippen molar-refractivity contribution in [2.45, 2.75) is 32.9 Å². The number of ether oxygens (including phenoxy) is 2. The first kappa shape index (κ1) is 26.3. The lowest BCUT2D eigenvalue weighted by Crippen LogP contribution is -2.39. The largest absolute Gasteiger partial charge is 0.490 e. The Morgan fingerprint density at radius 1 is 1.16 bits per heavy atom. The second-order valence-corrected chi connectivity index (χ2v) is 11.6. The highest BCUT2D eigenvalue weighted by atomic mass is 79.9. The summed E-state index contributed by atoms with van der Waals surface area (Å²) in [5.41, 5.74) is 2.31. The number of esters is 1. The third-order valence-electron chi connectivity index (χ3n) is 5.80. The van der Waals surface area contributed by atoms with Gasteiger partial charge in [0.05, 0.1) is 33.0 Å².